The van der Waals surface area contributed by atoms with E-state index in [-0.39, 0.29) is 36.2 Å². The Kier molecular flexibility index (Phi) is 35.2. The Balaban J connectivity index is 4.35. The van der Waals surface area contributed by atoms with Crippen molar-refractivity contribution >= 4 is 17.9 Å². The molecule has 8 nitrogen and oxygen atoms in total. The van der Waals surface area contributed by atoms with Crippen LogP contribution < -0.4 is 0 Å². The molecule has 0 rings (SSSR count). The number of esters is 2. The van der Waals surface area contributed by atoms with E-state index in [2.05, 4.69) is 38.2 Å². The van der Waals surface area contributed by atoms with E-state index in [1.54, 1.807) is 0 Å². The number of unbranched alkanes of at least 4 members (excludes halogenated alkanes) is 22. The van der Waals surface area contributed by atoms with Crippen LogP contribution in [0, 0.1) is 0 Å². The van der Waals surface area contributed by atoms with Crippen LogP contribution in [0.4, 0.5) is 0 Å². The second-order valence-electron chi connectivity index (χ2n) is 16.0. The van der Waals surface area contributed by atoms with Gasteiger partial charge in [0.25, 0.3) is 0 Å². The zero-order valence-electron chi connectivity index (χ0n) is 35.2. The number of nitrogens with zero attached hydrogens (tertiary/aromatic N) is 1. The van der Waals surface area contributed by atoms with E-state index in [0.717, 1.165) is 57.8 Å². The van der Waals surface area contributed by atoms with Crippen molar-refractivity contribution in [2.24, 2.45) is 0 Å². The second-order valence-corrected chi connectivity index (χ2v) is 16.0. The van der Waals surface area contributed by atoms with E-state index < -0.39 is 18.1 Å². The minimum absolute atomic E-state index is 0.0534. The number of aliphatic carboxylic acids is 1. The molecule has 8 heteroatoms. The lowest BCUT2D eigenvalue weighted by Gasteiger charge is -2.31. The van der Waals surface area contributed by atoms with Gasteiger partial charge in [-0.25, -0.2) is 4.79 Å². The van der Waals surface area contributed by atoms with E-state index in [4.69, 9.17) is 14.2 Å². The number of hydrogen-bond acceptors (Lipinski definition) is 6. The largest absolute Gasteiger partial charge is 0.477 e. The highest BCUT2D eigenvalue weighted by molar-refractivity contribution is 5.72. The first-order valence-corrected chi connectivity index (χ1v) is 21.9. The van der Waals surface area contributed by atoms with Crippen molar-refractivity contribution in [1.29, 1.82) is 0 Å². The zero-order valence-corrected chi connectivity index (χ0v) is 35.2. The van der Waals surface area contributed by atoms with Gasteiger partial charge < -0.3 is 23.8 Å². The number of carboxylic acid groups (broad SMARTS) is 1. The van der Waals surface area contributed by atoms with Gasteiger partial charge in [-0.2, -0.15) is 0 Å². The van der Waals surface area contributed by atoms with Crippen LogP contribution in [0.15, 0.2) is 24.3 Å². The predicted molar refractivity (Wildman–Crippen MR) is 220 cm³/mol. The van der Waals surface area contributed by atoms with Gasteiger partial charge in [0, 0.05) is 19.3 Å². The summed E-state index contributed by atoms with van der Waals surface area (Å²) in [5, 5.41) is 9.60. The van der Waals surface area contributed by atoms with Crippen molar-refractivity contribution in [2.75, 3.05) is 41.0 Å². The number of carbonyl (C=O) groups is 3. The van der Waals surface area contributed by atoms with Crippen LogP contribution >= 0.6 is 0 Å². The maximum absolute atomic E-state index is 12.7. The van der Waals surface area contributed by atoms with Gasteiger partial charge in [0.2, 0.25) is 0 Å². The summed E-state index contributed by atoms with van der Waals surface area (Å²) in [5.74, 6) is -1.48. The van der Waals surface area contributed by atoms with Crippen molar-refractivity contribution in [3.05, 3.63) is 24.3 Å². The number of carbonyl (C=O) groups excluding carboxylic acids is 2. The minimum Gasteiger partial charge on any atom is -0.477 e. The molecule has 0 aromatic carbocycles. The Morgan fingerprint density at radius 3 is 1.42 bits per heavy atom. The number of allylic oxidation sites excluding steroid dienone is 4. The van der Waals surface area contributed by atoms with Crippen molar-refractivity contribution < 1.29 is 38.2 Å². The van der Waals surface area contributed by atoms with Gasteiger partial charge in [-0.05, 0) is 38.5 Å². The van der Waals surface area contributed by atoms with Gasteiger partial charge in [0.1, 0.15) is 6.61 Å². The van der Waals surface area contributed by atoms with Gasteiger partial charge in [0.15, 0.2) is 12.1 Å². The summed E-state index contributed by atoms with van der Waals surface area (Å²) in [7, 11) is 5.52. The van der Waals surface area contributed by atoms with Gasteiger partial charge >= 0.3 is 17.9 Å². The van der Waals surface area contributed by atoms with Gasteiger partial charge in [-0.15, -0.1) is 0 Å². The molecule has 1 N–H and O–H groups in total. The summed E-state index contributed by atoms with van der Waals surface area (Å²) < 4.78 is 17.2. The molecule has 0 aromatic rings. The molecular weight excluding hydrogens is 666 g/mol. The maximum Gasteiger partial charge on any atom is 0.362 e. The monoisotopic (exact) mass is 751 g/mol. The molecule has 0 bridgehead atoms. The molecule has 310 valence electrons. The molecule has 0 aliphatic heterocycles. The lowest BCUT2D eigenvalue weighted by Crippen LogP contribution is -2.50. The Morgan fingerprint density at radius 2 is 0.981 bits per heavy atom. The molecule has 0 radical (unpaired) electrons. The number of ether oxygens (including phenoxy) is 3. The second kappa shape index (κ2) is 36.8. The molecule has 53 heavy (non-hydrogen) atoms. The quantitative estimate of drug-likeness (QED) is 0.0289. The van der Waals surface area contributed by atoms with Crippen LogP contribution in [0.25, 0.3) is 0 Å². The molecule has 0 spiro atoms. The van der Waals surface area contributed by atoms with Crippen molar-refractivity contribution in [1.82, 2.24) is 0 Å². The fraction of sp³-hybridized carbons (Fsp3) is 0.844. The fourth-order valence-corrected chi connectivity index (χ4v) is 6.44. The molecule has 0 fully saturated rings. The number of hydrogen-bond donors (Lipinski definition) is 1. The summed E-state index contributed by atoms with van der Waals surface area (Å²) in [5.41, 5.74) is 0. The molecule has 0 aliphatic carbocycles. The molecule has 2 atom stereocenters. The summed E-state index contributed by atoms with van der Waals surface area (Å²) >= 11 is 0. The number of rotatable bonds is 39. The van der Waals surface area contributed by atoms with E-state index in [1.165, 1.54) is 103 Å². The summed E-state index contributed by atoms with van der Waals surface area (Å²) in [4.78, 5) is 36.9. The van der Waals surface area contributed by atoms with E-state index in [1.807, 2.05) is 21.1 Å². The Hall–Kier alpha value is -2.19. The van der Waals surface area contributed by atoms with Crippen LogP contribution in [-0.4, -0.2) is 80.6 Å². The first kappa shape index (κ1) is 50.8. The summed E-state index contributed by atoms with van der Waals surface area (Å²) in [6, 6.07) is -0.614. The average molecular weight is 751 g/mol. The molecule has 0 amide bonds. The lowest BCUT2D eigenvalue weighted by molar-refractivity contribution is -0.887. The van der Waals surface area contributed by atoms with Crippen LogP contribution in [0.5, 0.6) is 0 Å². The van der Waals surface area contributed by atoms with Gasteiger partial charge in [-0.3, -0.25) is 9.59 Å². The Labute approximate surface area is 326 Å². The standard InChI is InChI=1S/C45H83NO7/c1-6-8-10-12-14-16-18-19-20-21-22-23-24-26-28-30-32-34-36-44(48)53-41(39-51-38-37-42(45(49)50)46(3,4)5)40-52-43(47)35-33-31-29-27-25-17-15-13-11-9-7-2/h20-23,41-42H,6-19,24-40H2,1-5H3/p+1/b21-20+,23-22+. The van der Waals surface area contributed by atoms with Crippen molar-refractivity contribution in [2.45, 2.75) is 206 Å². The topological polar surface area (TPSA) is 99.1 Å². The molecule has 0 aliphatic rings. The smallest absolute Gasteiger partial charge is 0.362 e. The third-order valence-electron chi connectivity index (χ3n) is 9.88. The van der Waals surface area contributed by atoms with Crippen LogP contribution in [0.2, 0.25) is 0 Å². The van der Waals surface area contributed by atoms with Crippen molar-refractivity contribution in [3.8, 4) is 0 Å². The lowest BCUT2D eigenvalue weighted by atomic mass is 10.1. The van der Waals surface area contributed by atoms with Crippen LogP contribution in [0.3, 0.4) is 0 Å². The molecule has 0 heterocycles. The van der Waals surface area contributed by atoms with Crippen LogP contribution in [-0.2, 0) is 28.6 Å². The average Bonchev–Trinajstić information content (AvgIpc) is 3.11. The maximum atomic E-state index is 12.7. The predicted octanol–water partition coefficient (Wildman–Crippen LogP) is 11.7. The molecule has 2 unspecified atom stereocenters. The van der Waals surface area contributed by atoms with E-state index in [9.17, 15) is 19.5 Å². The van der Waals surface area contributed by atoms with E-state index in [0.29, 0.717) is 19.3 Å². The number of carboxylic acids is 1. The minimum atomic E-state index is -0.876. The highest BCUT2D eigenvalue weighted by atomic mass is 16.6. The molecular formula is C45H84NO7+. The highest BCUT2D eigenvalue weighted by Gasteiger charge is 2.31. The first-order chi connectivity index (χ1) is 25.6. The third kappa shape index (κ3) is 35.3. The number of quaternary nitrogens is 1. The van der Waals surface area contributed by atoms with E-state index >= 15 is 0 Å². The SMILES string of the molecule is CCCCCCCCC/C=C/C=C/CCCCCCCC(=O)OC(COCCC(C(=O)O)[N+](C)(C)C)COC(=O)CCCCCCCCCCCCC. The number of likely N-dealkylation sites (N-methyl/N-ethyl adjacent to an activating group) is 1. The first-order valence-electron chi connectivity index (χ1n) is 21.9. The summed E-state index contributed by atoms with van der Waals surface area (Å²) in [6.07, 6.45) is 39.3. The zero-order chi connectivity index (χ0) is 39.3. The molecule has 0 saturated carbocycles. The summed E-state index contributed by atoms with van der Waals surface area (Å²) in [6.45, 7) is 4.72. The Morgan fingerprint density at radius 1 is 0.566 bits per heavy atom. The highest BCUT2D eigenvalue weighted by Crippen LogP contribution is 2.14. The third-order valence-corrected chi connectivity index (χ3v) is 9.88. The van der Waals surface area contributed by atoms with Gasteiger partial charge in [0.05, 0.1) is 34.4 Å². The molecule has 0 saturated heterocycles. The normalized spacial score (nSPS) is 13.2. The van der Waals surface area contributed by atoms with Crippen LogP contribution in [0.1, 0.15) is 194 Å². The molecule has 0 aromatic heterocycles. The van der Waals surface area contributed by atoms with Crippen molar-refractivity contribution in [3.63, 3.8) is 0 Å². The fourth-order valence-electron chi connectivity index (χ4n) is 6.44. The van der Waals surface area contributed by atoms with Gasteiger partial charge in [-0.1, -0.05) is 160 Å². The Bertz CT molecular complexity index is 926.